The number of carbonyl (C=O) groups excluding carboxylic acids is 2. The van der Waals surface area contributed by atoms with Crippen molar-refractivity contribution in [2.24, 2.45) is 0 Å². The van der Waals surface area contributed by atoms with E-state index in [0.717, 1.165) is 16.7 Å². The van der Waals surface area contributed by atoms with Crippen LogP contribution >= 0.6 is 0 Å². The Kier molecular flexibility index (Phi) is 9.66. The average molecular weight is 533 g/mol. The molecule has 9 nitrogen and oxygen atoms in total. The zero-order chi connectivity index (χ0) is 27.6. The third-order valence-corrected chi connectivity index (χ3v) is 6.54. The maximum Gasteiger partial charge on any atom is 0.408 e. The number of aliphatic hydroxyl groups excluding tert-OH is 1. The highest BCUT2D eigenvalue weighted by atomic mass is 16.6. The smallest absolute Gasteiger partial charge is 0.408 e. The van der Waals surface area contributed by atoms with Crippen LogP contribution in [0, 0.1) is 0 Å². The van der Waals surface area contributed by atoms with Crippen LogP contribution in [0.4, 0.5) is 4.79 Å². The maximum absolute atomic E-state index is 13.5. The summed E-state index contributed by atoms with van der Waals surface area (Å²) < 4.78 is 10.5. The number of hydrogen-bond donors (Lipinski definition) is 4. The third kappa shape index (κ3) is 8.39. The number of carboxylic acids is 1. The Bertz CT molecular complexity index is 1220. The van der Waals surface area contributed by atoms with E-state index in [1.807, 2.05) is 91.0 Å². The second kappa shape index (κ2) is 13.5. The Hall–Kier alpha value is -4.21. The van der Waals surface area contributed by atoms with Crippen molar-refractivity contribution < 1.29 is 34.1 Å². The van der Waals surface area contributed by atoms with Gasteiger partial charge in [0.1, 0.15) is 24.9 Å². The minimum atomic E-state index is -1.25. The molecular weight excluding hydrogens is 500 g/mol. The monoisotopic (exact) mass is 532 g/mol. The predicted molar refractivity (Wildman–Crippen MR) is 143 cm³/mol. The lowest BCUT2D eigenvalue weighted by molar-refractivity contribution is -0.138. The first-order valence-electron chi connectivity index (χ1n) is 12.8. The van der Waals surface area contributed by atoms with Crippen molar-refractivity contribution in [1.82, 2.24) is 10.6 Å². The topological polar surface area (TPSA) is 137 Å². The van der Waals surface area contributed by atoms with Gasteiger partial charge in [0.05, 0.1) is 6.04 Å². The largest absolute Gasteiger partial charge is 0.479 e. The van der Waals surface area contributed by atoms with Gasteiger partial charge in [-0.2, -0.15) is 0 Å². The Morgan fingerprint density at radius 2 is 1.38 bits per heavy atom. The Labute approximate surface area is 226 Å². The van der Waals surface area contributed by atoms with E-state index in [0.29, 0.717) is 12.8 Å². The summed E-state index contributed by atoms with van der Waals surface area (Å²) in [7, 11) is 0. The lowest BCUT2D eigenvalue weighted by Crippen LogP contribution is -2.54. The summed E-state index contributed by atoms with van der Waals surface area (Å²) in [5.74, 6) is -1.70. The summed E-state index contributed by atoms with van der Waals surface area (Å²) in [6, 6.07) is 26.1. The zero-order valence-corrected chi connectivity index (χ0v) is 21.3. The molecule has 1 aliphatic heterocycles. The number of nitrogens with one attached hydrogen (secondary N) is 2. The van der Waals surface area contributed by atoms with Gasteiger partial charge in [0.25, 0.3) is 0 Å². The summed E-state index contributed by atoms with van der Waals surface area (Å²) in [5, 5.41) is 25.7. The molecule has 9 heteroatoms. The SMILES string of the molecule is O=C(NC(Cc1ccccc1)C(=O)N[C@@H](CCc1ccccc1)[C@@H](O)[C@@H]1O[C@H]1C(=O)O)OCc1ccccc1. The standard InChI is InChI=1S/C30H32N2O7/c33-25(26-27(39-26)29(35)36)23(17-16-20-10-4-1-5-11-20)31-28(34)24(18-21-12-6-2-7-13-21)32-30(37)38-19-22-14-8-3-9-15-22/h1-15,23-27,33H,16-19H2,(H,31,34)(H,32,37)(H,35,36)/t23-,24?,25+,26-,27+/m0/s1. The molecule has 204 valence electrons. The van der Waals surface area contributed by atoms with Crippen molar-refractivity contribution in [2.45, 2.75) is 56.3 Å². The highest BCUT2D eigenvalue weighted by Crippen LogP contribution is 2.28. The number of amides is 2. The zero-order valence-electron chi connectivity index (χ0n) is 21.3. The van der Waals surface area contributed by atoms with Crippen LogP contribution < -0.4 is 10.6 Å². The summed E-state index contributed by atoms with van der Waals surface area (Å²) >= 11 is 0. The molecule has 0 aliphatic carbocycles. The molecule has 5 atom stereocenters. The maximum atomic E-state index is 13.5. The molecule has 0 spiro atoms. The van der Waals surface area contributed by atoms with E-state index in [4.69, 9.17) is 9.47 Å². The van der Waals surface area contributed by atoms with Gasteiger partial charge in [-0.25, -0.2) is 9.59 Å². The molecule has 0 bridgehead atoms. The number of aliphatic hydroxyl groups is 1. The summed E-state index contributed by atoms with van der Waals surface area (Å²) in [5.41, 5.74) is 2.62. The molecule has 0 aromatic heterocycles. The van der Waals surface area contributed by atoms with E-state index in [1.54, 1.807) is 0 Å². The van der Waals surface area contributed by atoms with E-state index in [1.165, 1.54) is 0 Å². The van der Waals surface area contributed by atoms with Crippen LogP contribution in [0.2, 0.25) is 0 Å². The van der Waals surface area contributed by atoms with Gasteiger partial charge in [-0.3, -0.25) is 4.79 Å². The fraction of sp³-hybridized carbons (Fsp3) is 0.300. The molecule has 1 heterocycles. The fourth-order valence-corrected chi connectivity index (χ4v) is 4.36. The number of rotatable bonds is 13. The van der Waals surface area contributed by atoms with Gasteiger partial charge in [-0.1, -0.05) is 91.0 Å². The molecule has 4 N–H and O–H groups in total. The van der Waals surface area contributed by atoms with Crippen LogP contribution in [0.3, 0.4) is 0 Å². The second-order valence-electron chi connectivity index (χ2n) is 9.44. The molecule has 1 aliphatic rings. The van der Waals surface area contributed by atoms with Crippen LogP contribution in [0.1, 0.15) is 23.1 Å². The van der Waals surface area contributed by atoms with Crippen LogP contribution in [0.5, 0.6) is 0 Å². The van der Waals surface area contributed by atoms with Crippen molar-refractivity contribution in [2.75, 3.05) is 0 Å². The predicted octanol–water partition coefficient (Wildman–Crippen LogP) is 2.85. The quantitative estimate of drug-likeness (QED) is 0.248. The Balaban J connectivity index is 1.45. The van der Waals surface area contributed by atoms with Crippen LogP contribution in [0.25, 0.3) is 0 Å². The lowest BCUT2D eigenvalue weighted by Gasteiger charge is -2.26. The molecule has 1 unspecified atom stereocenters. The number of carbonyl (C=O) groups is 3. The first kappa shape index (κ1) is 27.8. The van der Waals surface area contributed by atoms with Crippen LogP contribution in [-0.2, 0) is 38.5 Å². The van der Waals surface area contributed by atoms with Crippen molar-refractivity contribution >= 4 is 18.0 Å². The number of epoxide rings is 1. The number of carboxylic acid groups (broad SMARTS) is 1. The first-order valence-corrected chi connectivity index (χ1v) is 12.8. The van der Waals surface area contributed by atoms with E-state index >= 15 is 0 Å². The van der Waals surface area contributed by atoms with Crippen molar-refractivity contribution in [3.63, 3.8) is 0 Å². The number of aryl methyl sites for hydroxylation is 1. The first-order chi connectivity index (χ1) is 18.9. The molecule has 39 heavy (non-hydrogen) atoms. The van der Waals surface area contributed by atoms with E-state index in [2.05, 4.69) is 10.6 Å². The minimum absolute atomic E-state index is 0.0420. The molecule has 0 radical (unpaired) electrons. The van der Waals surface area contributed by atoms with Gasteiger partial charge in [0.2, 0.25) is 5.91 Å². The number of alkyl carbamates (subject to hydrolysis) is 1. The van der Waals surface area contributed by atoms with Gasteiger partial charge in [0.15, 0.2) is 6.10 Å². The molecule has 2 amide bonds. The number of aliphatic carboxylic acids is 1. The molecule has 1 saturated heterocycles. The van der Waals surface area contributed by atoms with Gasteiger partial charge < -0.3 is 30.3 Å². The van der Waals surface area contributed by atoms with Gasteiger partial charge >= 0.3 is 12.1 Å². The number of benzene rings is 3. The van der Waals surface area contributed by atoms with Gasteiger partial charge in [-0.05, 0) is 29.5 Å². The van der Waals surface area contributed by atoms with Crippen molar-refractivity contribution in [1.29, 1.82) is 0 Å². The molecule has 3 aromatic rings. The van der Waals surface area contributed by atoms with E-state index in [-0.39, 0.29) is 13.0 Å². The highest BCUT2D eigenvalue weighted by molar-refractivity contribution is 5.86. The number of hydrogen-bond acceptors (Lipinski definition) is 6. The fourth-order valence-electron chi connectivity index (χ4n) is 4.36. The molecule has 1 fully saturated rings. The van der Waals surface area contributed by atoms with Crippen molar-refractivity contribution in [3.05, 3.63) is 108 Å². The van der Waals surface area contributed by atoms with E-state index < -0.39 is 48.4 Å². The lowest BCUT2D eigenvalue weighted by atomic mass is 9.97. The summed E-state index contributed by atoms with van der Waals surface area (Å²) in [6.45, 7) is 0.0420. The summed E-state index contributed by atoms with van der Waals surface area (Å²) in [4.78, 5) is 37.4. The highest BCUT2D eigenvalue weighted by Gasteiger charge is 2.52. The molecule has 0 saturated carbocycles. The number of ether oxygens (including phenoxy) is 2. The molecule has 4 rings (SSSR count). The van der Waals surface area contributed by atoms with Crippen LogP contribution in [0.15, 0.2) is 91.0 Å². The second-order valence-corrected chi connectivity index (χ2v) is 9.44. The van der Waals surface area contributed by atoms with Gasteiger partial charge in [-0.15, -0.1) is 0 Å². The van der Waals surface area contributed by atoms with Gasteiger partial charge in [0, 0.05) is 6.42 Å². The van der Waals surface area contributed by atoms with Crippen molar-refractivity contribution in [3.8, 4) is 0 Å². The molecule has 3 aromatic carbocycles. The normalized spacial score (nSPS) is 18.3. The van der Waals surface area contributed by atoms with E-state index in [9.17, 15) is 24.6 Å². The Morgan fingerprint density at radius 1 is 0.821 bits per heavy atom. The average Bonchev–Trinajstić information content (AvgIpc) is 3.77. The summed E-state index contributed by atoms with van der Waals surface area (Å²) in [6.07, 6.45) is -3.01. The van der Waals surface area contributed by atoms with Crippen LogP contribution in [-0.4, -0.2) is 58.6 Å². The molecular formula is C30H32N2O7. The Morgan fingerprint density at radius 3 is 1.95 bits per heavy atom. The minimum Gasteiger partial charge on any atom is -0.479 e. The third-order valence-electron chi connectivity index (χ3n) is 6.54.